The number of nitrogens with one attached hydrogen (secondary N) is 1. The quantitative estimate of drug-likeness (QED) is 0.687. The van der Waals surface area contributed by atoms with Gasteiger partial charge in [0, 0.05) is 25.4 Å². The van der Waals surface area contributed by atoms with Gasteiger partial charge in [-0.15, -0.1) is 0 Å². The Labute approximate surface area is 82.2 Å². The van der Waals surface area contributed by atoms with Crippen molar-refractivity contribution < 1.29 is 9.90 Å². The van der Waals surface area contributed by atoms with Crippen LogP contribution in [0.1, 0.15) is 18.4 Å². The van der Waals surface area contributed by atoms with Crippen LogP contribution in [0, 0.1) is 6.92 Å². The van der Waals surface area contributed by atoms with Crippen LogP contribution in [0.25, 0.3) is 0 Å². The van der Waals surface area contributed by atoms with Gasteiger partial charge in [0.2, 0.25) is 5.95 Å². The predicted molar refractivity (Wildman–Crippen MR) is 52.1 cm³/mol. The van der Waals surface area contributed by atoms with E-state index in [-0.39, 0.29) is 6.42 Å². The third kappa shape index (κ3) is 3.84. The molecule has 0 aliphatic carbocycles. The first-order valence-corrected chi connectivity index (χ1v) is 4.43. The fraction of sp³-hybridized carbons (Fsp3) is 0.444. The maximum Gasteiger partial charge on any atom is 0.303 e. The van der Waals surface area contributed by atoms with Gasteiger partial charge in [-0.25, -0.2) is 9.97 Å². The minimum Gasteiger partial charge on any atom is -0.481 e. The minimum atomic E-state index is -0.781. The molecule has 0 spiro atoms. The number of aryl methyl sites for hydroxylation is 1. The Bertz CT molecular complexity index is 297. The zero-order valence-electron chi connectivity index (χ0n) is 8.03. The van der Waals surface area contributed by atoms with E-state index < -0.39 is 5.97 Å². The highest BCUT2D eigenvalue weighted by molar-refractivity contribution is 5.66. The molecular formula is C9H13N3O2. The van der Waals surface area contributed by atoms with Gasteiger partial charge in [-0.3, -0.25) is 4.79 Å². The molecule has 0 unspecified atom stereocenters. The zero-order valence-corrected chi connectivity index (χ0v) is 8.03. The first kappa shape index (κ1) is 10.4. The van der Waals surface area contributed by atoms with Crippen molar-refractivity contribution in [2.24, 2.45) is 0 Å². The number of nitrogens with zero attached hydrogens (tertiary/aromatic N) is 2. The number of carboxylic acids is 1. The van der Waals surface area contributed by atoms with Crippen LogP contribution in [-0.2, 0) is 4.79 Å². The Balaban J connectivity index is 2.25. The highest BCUT2D eigenvalue weighted by Crippen LogP contribution is 1.99. The summed E-state index contributed by atoms with van der Waals surface area (Å²) in [6.45, 7) is 2.49. The van der Waals surface area contributed by atoms with Crippen molar-refractivity contribution in [3.8, 4) is 0 Å². The van der Waals surface area contributed by atoms with Crippen LogP contribution in [0.3, 0.4) is 0 Å². The summed E-state index contributed by atoms with van der Waals surface area (Å²) in [6.07, 6.45) is 4.17. The monoisotopic (exact) mass is 195 g/mol. The maximum absolute atomic E-state index is 10.2. The third-order valence-electron chi connectivity index (χ3n) is 1.63. The number of aliphatic carboxylic acids is 1. The molecule has 5 nitrogen and oxygen atoms in total. The lowest BCUT2D eigenvalue weighted by Crippen LogP contribution is -2.07. The smallest absolute Gasteiger partial charge is 0.303 e. The van der Waals surface area contributed by atoms with Crippen molar-refractivity contribution in [1.82, 2.24) is 9.97 Å². The first-order chi connectivity index (χ1) is 6.68. The van der Waals surface area contributed by atoms with Gasteiger partial charge in [-0.1, -0.05) is 0 Å². The molecule has 0 aromatic carbocycles. The van der Waals surface area contributed by atoms with Crippen molar-refractivity contribution in [3.63, 3.8) is 0 Å². The summed E-state index contributed by atoms with van der Waals surface area (Å²) in [5.74, 6) is -0.238. The van der Waals surface area contributed by atoms with Gasteiger partial charge in [0.25, 0.3) is 0 Å². The molecule has 5 heteroatoms. The molecule has 0 radical (unpaired) electrons. The number of rotatable bonds is 5. The Morgan fingerprint density at radius 3 is 2.71 bits per heavy atom. The van der Waals surface area contributed by atoms with Crippen LogP contribution in [0.15, 0.2) is 12.4 Å². The molecule has 0 aliphatic rings. The highest BCUT2D eigenvalue weighted by Gasteiger charge is 1.97. The van der Waals surface area contributed by atoms with Crippen molar-refractivity contribution in [2.45, 2.75) is 19.8 Å². The topological polar surface area (TPSA) is 75.1 Å². The van der Waals surface area contributed by atoms with Gasteiger partial charge in [0.05, 0.1) is 0 Å². The largest absolute Gasteiger partial charge is 0.481 e. The van der Waals surface area contributed by atoms with E-state index in [1.165, 1.54) is 0 Å². The van der Waals surface area contributed by atoms with Crippen LogP contribution in [0.4, 0.5) is 5.95 Å². The van der Waals surface area contributed by atoms with E-state index in [0.717, 1.165) is 5.56 Å². The fourth-order valence-corrected chi connectivity index (χ4v) is 0.924. The molecule has 0 aliphatic heterocycles. The van der Waals surface area contributed by atoms with E-state index in [0.29, 0.717) is 18.9 Å². The van der Waals surface area contributed by atoms with Gasteiger partial charge < -0.3 is 10.4 Å². The Kier molecular flexibility index (Phi) is 3.84. The van der Waals surface area contributed by atoms with E-state index in [1.807, 2.05) is 6.92 Å². The molecule has 0 bridgehead atoms. The summed E-state index contributed by atoms with van der Waals surface area (Å²) >= 11 is 0. The second-order valence-electron chi connectivity index (χ2n) is 3.01. The van der Waals surface area contributed by atoms with Gasteiger partial charge in [0.1, 0.15) is 0 Å². The van der Waals surface area contributed by atoms with E-state index in [4.69, 9.17) is 5.11 Å². The molecule has 1 heterocycles. The summed E-state index contributed by atoms with van der Waals surface area (Å²) in [5.41, 5.74) is 1.00. The van der Waals surface area contributed by atoms with Gasteiger partial charge >= 0.3 is 5.97 Å². The van der Waals surface area contributed by atoms with Crippen LogP contribution in [-0.4, -0.2) is 27.6 Å². The Hall–Kier alpha value is -1.65. The molecule has 2 N–H and O–H groups in total. The third-order valence-corrected chi connectivity index (χ3v) is 1.63. The molecule has 0 amide bonds. The number of aromatic nitrogens is 2. The van der Waals surface area contributed by atoms with Gasteiger partial charge in [-0.05, 0) is 18.9 Å². The summed E-state index contributed by atoms with van der Waals surface area (Å²) in [7, 11) is 0. The van der Waals surface area contributed by atoms with Crippen molar-refractivity contribution in [1.29, 1.82) is 0 Å². The molecule has 1 aromatic rings. The average Bonchev–Trinajstić information content (AvgIpc) is 2.15. The van der Waals surface area contributed by atoms with Crippen LogP contribution < -0.4 is 5.32 Å². The molecule has 76 valence electrons. The fourth-order valence-electron chi connectivity index (χ4n) is 0.924. The summed E-state index contributed by atoms with van der Waals surface area (Å²) in [5, 5.41) is 11.3. The minimum absolute atomic E-state index is 0.166. The van der Waals surface area contributed by atoms with Crippen LogP contribution in [0.2, 0.25) is 0 Å². The SMILES string of the molecule is Cc1cnc(NCCCC(=O)O)nc1. The normalized spacial score (nSPS) is 9.79. The van der Waals surface area contributed by atoms with E-state index in [9.17, 15) is 4.79 Å². The second-order valence-corrected chi connectivity index (χ2v) is 3.01. The summed E-state index contributed by atoms with van der Waals surface area (Å²) in [4.78, 5) is 18.2. The predicted octanol–water partition coefficient (Wildman–Crippen LogP) is 1.06. The molecular weight excluding hydrogens is 182 g/mol. The molecule has 14 heavy (non-hydrogen) atoms. The molecule has 0 atom stereocenters. The van der Waals surface area contributed by atoms with E-state index in [2.05, 4.69) is 15.3 Å². The lowest BCUT2D eigenvalue weighted by Gasteiger charge is -2.02. The van der Waals surface area contributed by atoms with Crippen molar-refractivity contribution in [2.75, 3.05) is 11.9 Å². The highest BCUT2D eigenvalue weighted by atomic mass is 16.4. The number of carbonyl (C=O) groups is 1. The van der Waals surface area contributed by atoms with Crippen molar-refractivity contribution in [3.05, 3.63) is 18.0 Å². The Morgan fingerprint density at radius 1 is 1.50 bits per heavy atom. The average molecular weight is 195 g/mol. The Morgan fingerprint density at radius 2 is 2.14 bits per heavy atom. The van der Waals surface area contributed by atoms with Crippen LogP contribution >= 0.6 is 0 Å². The molecule has 1 rings (SSSR count). The summed E-state index contributed by atoms with van der Waals surface area (Å²) < 4.78 is 0. The molecule has 0 fully saturated rings. The molecule has 1 aromatic heterocycles. The lowest BCUT2D eigenvalue weighted by molar-refractivity contribution is -0.137. The standard InChI is InChI=1S/C9H13N3O2/c1-7-5-11-9(12-6-7)10-4-2-3-8(13)14/h5-6H,2-4H2,1H3,(H,13,14)(H,10,11,12). The lowest BCUT2D eigenvalue weighted by atomic mass is 10.3. The number of hydrogen-bond donors (Lipinski definition) is 2. The maximum atomic E-state index is 10.2. The summed E-state index contributed by atoms with van der Waals surface area (Å²) in [6, 6.07) is 0. The molecule has 0 saturated heterocycles. The van der Waals surface area contributed by atoms with Crippen molar-refractivity contribution >= 4 is 11.9 Å². The molecule has 0 saturated carbocycles. The second kappa shape index (κ2) is 5.16. The zero-order chi connectivity index (χ0) is 10.4. The van der Waals surface area contributed by atoms with Gasteiger partial charge in [-0.2, -0.15) is 0 Å². The van der Waals surface area contributed by atoms with E-state index in [1.54, 1.807) is 12.4 Å². The number of hydrogen-bond acceptors (Lipinski definition) is 4. The van der Waals surface area contributed by atoms with Crippen LogP contribution in [0.5, 0.6) is 0 Å². The number of anilines is 1. The first-order valence-electron chi connectivity index (χ1n) is 4.43. The number of carboxylic acid groups (broad SMARTS) is 1. The van der Waals surface area contributed by atoms with Gasteiger partial charge in [0.15, 0.2) is 0 Å². The van der Waals surface area contributed by atoms with E-state index >= 15 is 0 Å².